The van der Waals surface area contributed by atoms with Crippen LogP contribution >= 0.6 is 0 Å². The van der Waals surface area contributed by atoms with Crippen LogP contribution in [0.4, 0.5) is 0 Å². The van der Waals surface area contributed by atoms with E-state index < -0.39 is 14.6 Å². The van der Waals surface area contributed by atoms with Crippen molar-refractivity contribution in [3.8, 4) is 56.4 Å². The van der Waals surface area contributed by atoms with E-state index in [0.29, 0.717) is 23.0 Å². The Morgan fingerprint density at radius 1 is 0.407 bits per heavy atom. The SMILES string of the molecule is c1ccc(OB2OB(Oc3ccccc3)Oc3c(c(-c4ccccc4)cc4ccc5c(c34)CCCC5)-c3c(-c4ccccc4)cc4ccc5c(c4c3O2)CCCC5)cc1. The van der Waals surface area contributed by atoms with Gasteiger partial charge in [-0.3, -0.25) is 0 Å². The molecule has 1 aliphatic heterocycles. The molecule has 8 aromatic carbocycles. The molecule has 5 nitrogen and oxygen atoms in total. The van der Waals surface area contributed by atoms with Crippen LogP contribution in [-0.4, -0.2) is 14.6 Å². The van der Waals surface area contributed by atoms with E-state index in [-0.39, 0.29) is 0 Å². The van der Waals surface area contributed by atoms with Crippen molar-refractivity contribution >= 4 is 36.2 Å². The monoisotopic (exact) mass is 768 g/mol. The third-order valence-electron chi connectivity index (χ3n) is 12.2. The van der Waals surface area contributed by atoms with Gasteiger partial charge in [-0.1, -0.05) is 121 Å². The zero-order valence-electron chi connectivity index (χ0n) is 32.9. The summed E-state index contributed by atoms with van der Waals surface area (Å²) in [5.74, 6) is 2.63. The van der Waals surface area contributed by atoms with Crippen LogP contribution < -0.4 is 18.6 Å². The topological polar surface area (TPSA) is 46.2 Å². The van der Waals surface area contributed by atoms with Gasteiger partial charge in [0, 0.05) is 21.9 Å². The molecule has 0 bridgehead atoms. The fraction of sp³-hybridized carbons (Fsp3) is 0.154. The van der Waals surface area contributed by atoms with E-state index in [0.717, 1.165) is 106 Å². The Balaban J connectivity index is 1.31. The third kappa shape index (κ3) is 6.70. The Morgan fingerprint density at radius 3 is 1.22 bits per heavy atom. The molecule has 0 amide bonds. The van der Waals surface area contributed by atoms with E-state index in [1.54, 1.807) is 0 Å². The maximum absolute atomic E-state index is 7.40. The summed E-state index contributed by atoms with van der Waals surface area (Å²) < 4.78 is 35.1. The molecule has 0 N–H and O–H groups in total. The van der Waals surface area contributed by atoms with Gasteiger partial charge in [0.2, 0.25) is 0 Å². The van der Waals surface area contributed by atoms with Gasteiger partial charge in [-0.2, -0.15) is 0 Å². The molecule has 0 aromatic heterocycles. The van der Waals surface area contributed by atoms with Crippen LogP contribution in [0.2, 0.25) is 0 Å². The number of benzene rings is 8. The molecule has 7 heteroatoms. The molecule has 0 atom stereocenters. The summed E-state index contributed by atoms with van der Waals surface area (Å²) in [6.45, 7) is 0. The van der Waals surface area contributed by atoms with Gasteiger partial charge in [-0.25, -0.2) is 0 Å². The summed E-state index contributed by atoms with van der Waals surface area (Å²) in [7, 11) is -2.51. The molecular weight excluding hydrogens is 726 g/mol. The first-order valence-electron chi connectivity index (χ1n) is 21.0. The van der Waals surface area contributed by atoms with Crippen molar-refractivity contribution in [1.29, 1.82) is 0 Å². The van der Waals surface area contributed by atoms with E-state index in [1.807, 2.05) is 60.7 Å². The number of fused-ring (bicyclic) bond motifs is 11. The molecule has 3 aliphatic rings. The molecule has 286 valence electrons. The molecule has 0 saturated heterocycles. The van der Waals surface area contributed by atoms with Crippen LogP contribution in [0.15, 0.2) is 158 Å². The smallest absolute Gasteiger partial charge is 0.502 e. The number of hydrogen-bond donors (Lipinski definition) is 0. The fourth-order valence-corrected chi connectivity index (χ4v) is 9.50. The van der Waals surface area contributed by atoms with E-state index >= 15 is 0 Å². The van der Waals surface area contributed by atoms with Gasteiger partial charge in [-0.15, -0.1) is 0 Å². The number of hydrogen-bond acceptors (Lipinski definition) is 5. The van der Waals surface area contributed by atoms with Crippen LogP contribution in [0.3, 0.4) is 0 Å². The van der Waals surface area contributed by atoms with Crippen molar-refractivity contribution in [1.82, 2.24) is 0 Å². The highest BCUT2D eigenvalue weighted by Gasteiger charge is 2.44. The molecule has 59 heavy (non-hydrogen) atoms. The Hall–Kier alpha value is -6.43. The lowest BCUT2D eigenvalue weighted by molar-refractivity contribution is 0.240. The molecular formula is C52H42B2O5. The zero-order valence-corrected chi connectivity index (χ0v) is 32.9. The molecule has 0 saturated carbocycles. The summed E-state index contributed by atoms with van der Waals surface area (Å²) in [4.78, 5) is 0. The van der Waals surface area contributed by atoms with E-state index in [9.17, 15) is 0 Å². The van der Waals surface area contributed by atoms with Crippen LogP contribution in [-0.2, 0) is 30.3 Å². The summed E-state index contributed by atoms with van der Waals surface area (Å²) in [6.07, 6.45) is 8.52. The lowest BCUT2D eigenvalue weighted by Gasteiger charge is -2.27. The number of aryl methyl sites for hydroxylation is 4. The van der Waals surface area contributed by atoms with Crippen LogP contribution in [0, 0.1) is 0 Å². The molecule has 0 spiro atoms. The summed E-state index contributed by atoms with van der Waals surface area (Å²) >= 11 is 0. The summed E-state index contributed by atoms with van der Waals surface area (Å²) in [5.41, 5.74) is 11.5. The molecule has 2 aliphatic carbocycles. The van der Waals surface area contributed by atoms with Crippen molar-refractivity contribution in [2.75, 3.05) is 0 Å². The average molecular weight is 769 g/mol. The maximum atomic E-state index is 7.40. The Morgan fingerprint density at radius 2 is 0.797 bits per heavy atom. The lowest BCUT2D eigenvalue weighted by atomic mass is 9.79. The molecule has 1 heterocycles. The van der Waals surface area contributed by atoms with Crippen molar-refractivity contribution in [3.63, 3.8) is 0 Å². The molecule has 8 aromatic rings. The van der Waals surface area contributed by atoms with Crippen molar-refractivity contribution in [2.24, 2.45) is 0 Å². The predicted molar refractivity (Wildman–Crippen MR) is 239 cm³/mol. The van der Waals surface area contributed by atoms with E-state index in [4.69, 9.17) is 23.2 Å². The average Bonchev–Trinajstić information content (AvgIpc) is 3.36. The minimum atomic E-state index is -1.26. The quantitative estimate of drug-likeness (QED) is 0.158. The predicted octanol–water partition coefficient (Wildman–Crippen LogP) is 12.7. The van der Waals surface area contributed by atoms with Crippen LogP contribution in [0.1, 0.15) is 47.9 Å². The van der Waals surface area contributed by atoms with Gasteiger partial charge in [0.1, 0.15) is 23.0 Å². The largest absolute Gasteiger partial charge is 0.777 e. The molecule has 0 unspecified atom stereocenters. The summed E-state index contributed by atoms with van der Waals surface area (Å²) in [6, 6.07) is 54.6. The van der Waals surface area contributed by atoms with Gasteiger partial charge in [0.15, 0.2) is 0 Å². The normalized spacial score (nSPS) is 14.7. The summed E-state index contributed by atoms with van der Waals surface area (Å²) in [5, 5.41) is 4.40. The second-order valence-corrected chi connectivity index (χ2v) is 15.8. The maximum Gasteiger partial charge on any atom is 0.777 e. The Bertz CT molecular complexity index is 2620. The van der Waals surface area contributed by atoms with Gasteiger partial charge >= 0.3 is 14.6 Å². The first-order chi connectivity index (χ1) is 29.2. The van der Waals surface area contributed by atoms with E-state index in [1.165, 1.54) is 22.3 Å². The highest BCUT2D eigenvalue weighted by atomic mass is 16.8. The van der Waals surface area contributed by atoms with Crippen LogP contribution in [0.25, 0.3) is 54.9 Å². The third-order valence-corrected chi connectivity index (χ3v) is 12.2. The lowest BCUT2D eigenvalue weighted by Crippen LogP contribution is -2.45. The standard InChI is InChI=1S/C52H42B2O5/c1-5-17-35(18-6-1)45-33-39-31-29-37-21-13-15-27-43(37)47(39)51-49(45)50-46(36-19-7-2-8-20-36)34-40-32-30-38-22-14-16-28-44(38)48(40)52(50)58-54(56-42-25-11-4-12-26-42)59-53(57-51)55-41-23-9-3-10-24-41/h1-12,17-20,23-26,29-34H,13-16,21-22,27-28H2. The Labute approximate surface area is 345 Å². The van der Waals surface area contributed by atoms with Gasteiger partial charge in [0.05, 0.1) is 0 Å². The van der Waals surface area contributed by atoms with Gasteiger partial charge in [0.25, 0.3) is 0 Å². The first kappa shape index (κ1) is 35.7. The minimum absolute atomic E-state index is 0.601. The van der Waals surface area contributed by atoms with Crippen molar-refractivity contribution < 1.29 is 23.2 Å². The van der Waals surface area contributed by atoms with Gasteiger partial charge in [-0.05, 0) is 143 Å². The highest BCUT2D eigenvalue weighted by molar-refractivity contribution is 6.54. The number of para-hydroxylation sites is 2. The van der Waals surface area contributed by atoms with E-state index in [2.05, 4.69) is 97.1 Å². The van der Waals surface area contributed by atoms with Crippen molar-refractivity contribution in [3.05, 3.63) is 180 Å². The second-order valence-electron chi connectivity index (χ2n) is 15.8. The highest BCUT2D eigenvalue weighted by Crippen LogP contribution is 2.55. The van der Waals surface area contributed by atoms with Gasteiger partial charge < -0.3 is 23.2 Å². The van der Waals surface area contributed by atoms with Crippen molar-refractivity contribution in [2.45, 2.75) is 51.4 Å². The Kier molecular flexibility index (Phi) is 9.32. The second kappa shape index (κ2) is 15.4. The number of rotatable bonds is 6. The molecule has 11 rings (SSSR count). The first-order valence-corrected chi connectivity index (χ1v) is 21.0. The minimum Gasteiger partial charge on any atom is -0.502 e. The molecule has 0 radical (unpaired) electrons. The molecule has 0 fully saturated rings. The zero-order chi connectivity index (χ0) is 39.1. The fourth-order valence-electron chi connectivity index (χ4n) is 9.50. The van der Waals surface area contributed by atoms with Crippen LogP contribution in [0.5, 0.6) is 23.0 Å².